The van der Waals surface area contributed by atoms with E-state index in [1.54, 1.807) is 0 Å². The number of nitrogens with two attached hydrogens (primary N) is 1. The monoisotopic (exact) mass is 395 g/mol. The molecule has 27 heavy (non-hydrogen) atoms. The number of nitrogens with one attached hydrogen (secondary N) is 1. The Morgan fingerprint density at radius 3 is 2.89 bits per heavy atom. The first-order chi connectivity index (χ1) is 12.8. The van der Waals surface area contributed by atoms with Gasteiger partial charge in [-0.05, 0) is 42.4 Å². The first-order valence-electron chi connectivity index (χ1n) is 9.39. The molecular weight excluding hydrogens is 368 g/mol. The number of fused-ring (bicyclic) bond motifs is 1. The fraction of sp³-hybridized carbons (Fsp3) is 0.611. The van der Waals surface area contributed by atoms with E-state index in [2.05, 4.69) is 16.3 Å². The maximum Gasteiger partial charge on any atom is 0.451 e. The summed E-state index contributed by atoms with van der Waals surface area (Å²) in [4.78, 5) is 13.9. The van der Waals surface area contributed by atoms with Crippen LogP contribution in [0.5, 0.6) is 0 Å². The Labute approximate surface area is 164 Å². The number of hydrogen-bond donors (Lipinski definition) is 5. The lowest BCUT2D eigenvalue weighted by Gasteiger charge is -2.30. The molecule has 1 aromatic rings. The Morgan fingerprint density at radius 1 is 1.41 bits per heavy atom. The molecule has 1 saturated heterocycles. The third-order valence-electron chi connectivity index (χ3n) is 5.80. The van der Waals surface area contributed by atoms with E-state index in [1.165, 1.54) is 11.1 Å². The summed E-state index contributed by atoms with van der Waals surface area (Å²) >= 11 is 6.05. The molecule has 1 aromatic carbocycles. The van der Waals surface area contributed by atoms with Crippen LogP contribution in [0, 0.1) is 5.92 Å². The Morgan fingerprint density at radius 2 is 2.19 bits per heavy atom. The lowest BCUT2D eigenvalue weighted by atomic mass is 9.78. The zero-order chi connectivity index (χ0) is 19.6. The summed E-state index contributed by atoms with van der Waals surface area (Å²) in [5, 5.41) is 31.9. The molecule has 0 aliphatic carbocycles. The number of carboxylic acids is 1. The Kier molecular flexibility index (Phi) is 6.45. The van der Waals surface area contributed by atoms with E-state index in [-0.39, 0.29) is 18.3 Å². The highest BCUT2D eigenvalue weighted by molar-refractivity contribution is 6.40. The van der Waals surface area contributed by atoms with E-state index in [0.717, 1.165) is 24.5 Å². The van der Waals surface area contributed by atoms with Crippen LogP contribution in [-0.2, 0) is 17.8 Å². The van der Waals surface area contributed by atoms with Crippen LogP contribution in [0.25, 0.3) is 0 Å². The molecule has 0 spiro atoms. The van der Waals surface area contributed by atoms with Gasteiger partial charge >= 0.3 is 13.1 Å². The number of hydrogen-bond acceptors (Lipinski definition) is 6. The first-order valence-corrected chi connectivity index (χ1v) is 9.77. The van der Waals surface area contributed by atoms with Gasteiger partial charge in [0.25, 0.3) is 0 Å². The molecule has 2 aliphatic rings. The molecule has 0 saturated carbocycles. The number of rotatable bonds is 7. The smallest absolute Gasteiger partial charge is 0.451 e. The first kappa shape index (κ1) is 20.6. The Hall–Kier alpha value is -1.16. The molecule has 0 radical (unpaired) electrons. The summed E-state index contributed by atoms with van der Waals surface area (Å²) in [6.07, 6.45) is 2.21. The maximum absolute atomic E-state index is 11.8. The predicted molar refractivity (Wildman–Crippen MR) is 105 cm³/mol. The van der Waals surface area contributed by atoms with Crippen molar-refractivity contribution in [2.75, 3.05) is 19.6 Å². The lowest BCUT2D eigenvalue weighted by molar-refractivity contribution is -0.144. The second-order valence-corrected chi connectivity index (χ2v) is 8.28. The predicted octanol–water partition coefficient (Wildman–Crippen LogP) is 0.321. The van der Waals surface area contributed by atoms with Crippen LogP contribution >= 0.6 is 11.6 Å². The van der Waals surface area contributed by atoms with Crippen molar-refractivity contribution >= 4 is 24.7 Å². The molecule has 2 heterocycles. The molecule has 148 valence electrons. The molecule has 0 aromatic heterocycles. The van der Waals surface area contributed by atoms with Crippen LogP contribution in [-0.4, -0.2) is 64.4 Å². The van der Waals surface area contributed by atoms with Gasteiger partial charge in [0.1, 0.15) is 5.54 Å². The van der Waals surface area contributed by atoms with E-state index in [0.29, 0.717) is 25.9 Å². The summed E-state index contributed by atoms with van der Waals surface area (Å²) in [6.45, 7) is 2.39. The van der Waals surface area contributed by atoms with E-state index in [1.807, 2.05) is 12.1 Å². The van der Waals surface area contributed by atoms with Gasteiger partial charge < -0.3 is 26.2 Å². The average molecular weight is 396 g/mol. The number of likely N-dealkylation sites (tertiary alicyclic amines) is 1. The number of aliphatic carboxylic acids is 1. The van der Waals surface area contributed by atoms with Gasteiger partial charge in [-0.3, -0.25) is 9.69 Å². The van der Waals surface area contributed by atoms with Crippen LogP contribution in [0.2, 0.25) is 11.3 Å². The molecule has 1 unspecified atom stereocenters. The normalized spacial score (nSPS) is 28.1. The number of halogens is 1. The van der Waals surface area contributed by atoms with E-state index in [4.69, 9.17) is 27.4 Å². The third-order valence-corrected chi connectivity index (χ3v) is 6.03. The van der Waals surface area contributed by atoms with Gasteiger partial charge in [-0.2, -0.15) is 0 Å². The van der Waals surface area contributed by atoms with Crippen LogP contribution in [0.15, 0.2) is 18.2 Å². The molecular formula is C18H27BClN3O4. The average Bonchev–Trinajstić information content (AvgIpc) is 2.91. The van der Waals surface area contributed by atoms with Crippen LogP contribution < -0.4 is 11.1 Å². The van der Waals surface area contributed by atoms with Crippen LogP contribution in [0.3, 0.4) is 0 Å². The largest absolute Gasteiger partial charge is 0.480 e. The number of carbonyl (C=O) groups is 1. The quantitative estimate of drug-likeness (QED) is 0.422. The van der Waals surface area contributed by atoms with Gasteiger partial charge in [-0.1, -0.05) is 24.1 Å². The van der Waals surface area contributed by atoms with Crippen molar-refractivity contribution in [3.63, 3.8) is 0 Å². The third kappa shape index (κ3) is 4.82. The van der Waals surface area contributed by atoms with Crippen LogP contribution in [0.1, 0.15) is 24.0 Å². The minimum absolute atomic E-state index is 0.205. The zero-order valence-electron chi connectivity index (χ0n) is 15.3. The van der Waals surface area contributed by atoms with Crippen molar-refractivity contribution in [3.05, 3.63) is 34.3 Å². The maximum atomic E-state index is 11.8. The van der Waals surface area contributed by atoms with Crippen LogP contribution in [0.4, 0.5) is 0 Å². The van der Waals surface area contributed by atoms with Gasteiger partial charge in [0.05, 0.1) is 0 Å². The van der Waals surface area contributed by atoms with Gasteiger partial charge in [-0.25, -0.2) is 0 Å². The number of nitrogens with zero attached hydrogens (tertiary/aromatic N) is 1. The SMILES string of the molecule is N[C@]1(C(=O)O)CN(CC2Cc3ccc(Cl)cc3CN2)C[C@@H]1CCCB(O)O. The second-order valence-electron chi connectivity index (χ2n) is 7.84. The minimum Gasteiger partial charge on any atom is -0.480 e. The van der Waals surface area contributed by atoms with E-state index < -0.39 is 18.6 Å². The lowest BCUT2D eigenvalue weighted by Crippen LogP contribution is -2.55. The highest BCUT2D eigenvalue weighted by Crippen LogP contribution is 2.31. The van der Waals surface area contributed by atoms with Crippen molar-refractivity contribution < 1.29 is 19.9 Å². The van der Waals surface area contributed by atoms with E-state index in [9.17, 15) is 9.90 Å². The van der Waals surface area contributed by atoms with Crippen molar-refractivity contribution in [1.82, 2.24) is 10.2 Å². The van der Waals surface area contributed by atoms with Crippen molar-refractivity contribution in [3.8, 4) is 0 Å². The molecule has 3 atom stereocenters. The topological polar surface area (TPSA) is 119 Å². The second kappa shape index (κ2) is 8.47. The van der Waals surface area contributed by atoms with Crippen molar-refractivity contribution in [2.45, 2.75) is 43.7 Å². The summed E-state index contributed by atoms with van der Waals surface area (Å²) in [6, 6.07) is 6.18. The van der Waals surface area contributed by atoms with Crippen molar-refractivity contribution in [2.24, 2.45) is 11.7 Å². The Balaban J connectivity index is 1.60. The van der Waals surface area contributed by atoms with Gasteiger partial charge in [0.2, 0.25) is 0 Å². The molecule has 0 amide bonds. The highest BCUT2D eigenvalue weighted by atomic mass is 35.5. The molecule has 7 nitrogen and oxygen atoms in total. The molecule has 2 aliphatic heterocycles. The minimum atomic E-state index is -1.36. The summed E-state index contributed by atoms with van der Waals surface area (Å²) in [5.41, 5.74) is 7.44. The molecule has 3 rings (SSSR count). The molecule has 1 fully saturated rings. The number of benzene rings is 1. The summed E-state index contributed by atoms with van der Waals surface area (Å²) < 4.78 is 0. The van der Waals surface area contributed by atoms with Gasteiger partial charge in [-0.15, -0.1) is 0 Å². The van der Waals surface area contributed by atoms with Gasteiger partial charge in [0, 0.05) is 43.2 Å². The highest BCUT2D eigenvalue weighted by Gasteiger charge is 2.49. The molecule has 6 N–H and O–H groups in total. The fourth-order valence-electron chi connectivity index (χ4n) is 4.31. The van der Waals surface area contributed by atoms with E-state index >= 15 is 0 Å². The standard InChI is InChI=1S/C18H27BClN3O4/c20-15-4-3-12-7-16(22-8-13(12)6-15)10-23-9-14(2-1-5-19(26)27)18(21,11-23)17(24)25/h3-4,6,14,16,22,26-27H,1-2,5,7-11,21H2,(H,24,25)/t14-,16?,18+/m0/s1. The van der Waals surface area contributed by atoms with Gasteiger partial charge in [0.15, 0.2) is 0 Å². The molecule has 0 bridgehead atoms. The number of carboxylic acid groups (broad SMARTS) is 1. The fourth-order valence-corrected chi connectivity index (χ4v) is 4.50. The summed E-state index contributed by atoms with van der Waals surface area (Å²) in [5.74, 6) is -1.19. The zero-order valence-corrected chi connectivity index (χ0v) is 16.0. The Bertz CT molecular complexity index is 693. The summed E-state index contributed by atoms with van der Waals surface area (Å²) in [7, 11) is -1.36. The van der Waals surface area contributed by atoms with Crippen molar-refractivity contribution in [1.29, 1.82) is 0 Å². The molecule has 9 heteroatoms.